The average molecular weight is 254 g/mol. The number of hydrogen-bond donors (Lipinski definition) is 1. The van der Waals surface area contributed by atoms with Crippen LogP contribution >= 0.6 is 0 Å². The van der Waals surface area contributed by atoms with Gasteiger partial charge in [0.15, 0.2) is 5.60 Å². The first-order chi connectivity index (χ1) is 8.49. The highest BCUT2D eigenvalue weighted by atomic mass is 16.6. The quantitative estimate of drug-likeness (QED) is 0.771. The van der Waals surface area contributed by atoms with E-state index in [0.717, 1.165) is 11.3 Å². The number of esters is 1. The van der Waals surface area contributed by atoms with Gasteiger partial charge in [-0.25, -0.2) is 4.79 Å². The lowest BCUT2D eigenvalue weighted by Crippen LogP contribution is -2.40. The van der Waals surface area contributed by atoms with E-state index in [9.17, 15) is 9.90 Å². The van der Waals surface area contributed by atoms with Gasteiger partial charge >= 0.3 is 5.97 Å². The van der Waals surface area contributed by atoms with Crippen molar-refractivity contribution in [3.8, 4) is 5.75 Å². The summed E-state index contributed by atoms with van der Waals surface area (Å²) in [5, 5.41) is 9.74. The van der Waals surface area contributed by atoms with E-state index < -0.39 is 11.6 Å². The molecule has 18 heavy (non-hydrogen) atoms. The molecule has 1 N–H and O–H groups in total. The summed E-state index contributed by atoms with van der Waals surface area (Å²) in [5.41, 5.74) is -0.733. The third kappa shape index (κ3) is 4.01. The molecule has 0 aliphatic rings. The Balaban J connectivity index is 2.48. The molecule has 5 nitrogen and oxygen atoms in total. The van der Waals surface area contributed by atoms with E-state index in [1.54, 1.807) is 7.11 Å². The number of rotatable bonds is 6. The van der Waals surface area contributed by atoms with Crippen molar-refractivity contribution in [1.29, 1.82) is 0 Å². The number of ether oxygens (including phenoxy) is 3. The molecule has 0 radical (unpaired) electrons. The highest BCUT2D eigenvalue weighted by molar-refractivity contribution is 5.78. The summed E-state index contributed by atoms with van der Waals surface area (Å²) in [5.74, 6) is 0.0176. The van der Waals surface area contributed by atoms with E-state index in [1.807, 2.05) is 24.3 Å². The summed E-state index contributed by atoms with van der Waals surface area (Å²) in [4.78, 5) is 11.2. The summed E-state index contributed by atoms with van der Waals surface area (Å²) in [6.07, 6.45) is 0. The van der Waals surface area contributed by atoms with Crippen molar-refractivity contribution < 1.29 is 24.1 Å². The Morgan fingerprint density at radius 1 is 1.39 bits per heavy atom. The summed E-state index contributed by atoms with van der Waals surface area (Å²) in [6, 6.07) is 7.37. The molecule has 0 saturated carbocycles. The second-order valence-electron chi connectivity index (χ2n) is 4.11. The molecule has 1 unspecified atom stereocenters. The molecule has 0 aromatic heterocycles. The van der Waals surface area contributed by atoms with Gasteiger partial charge < -0.3 is 19.3 Å². The molecule has 0 fully saturated rings. The molecule has 0 bridgehead atoms. The number of hydrogen-bond acceptors (Lipinski definition) is 5. The van der Waals surface area contributed by atoms with E-state index >= 15 is 0 Å². The minimum Gasteiger partial charge on any atom is -0.497 e. The average Bonchev–Trinajstić information content (AvgIpc) is 2.37. The Labute approximate surface area is 106 Å². The Morgan fingerprint density at radius 3 is 2.72 bits per heavy atom. The van der Waals surface area contributed by atoms with Crippen LogP contribution in [-0.4, -0.2) is 37.5 Å². The molecule has 0 heterocycles. The van der Waals surface area contributed by atoms with Gasteiger partial charge in [0.05, 0.1) is 27.4 Å². The van der Waals surface area contributed by atoms with Gasteiger partial charge in [0.1, 0.15) is 5.75 Å². The van der Waals surface area contributed by atoms with Gasteiger partial charge in [-0.1, -0.05) is 12.1 Å². The molecule has 5 heteroatoms. The fourth-order valence-electron chi connectivity index (χ4n) is 1.41. The van der Waals surface area contributed by atoms with Gasteiger partial charge in [0, 0.05) is 0 Å². The van der Waals surface area contributed by atoms with E-state index in [1.165, 1.54) is 14.0 Å². The van der Waals surface area contributed by atoms with Crippen LogP contribution < -0.4 is 4.74 Å². The molecule has 0 spiro atoms. The van der Waals surface area contributed by atoms with E-state index in [2.05, 4.69) is 4.74 Å². The summed E-state index contributed by atoms with van der Waals surface area (Å²) in [7, 11) is 2.81. The standard InChI is InChI=1S/C13H18O5/c1-13(15,12(14)17-3)9-18-8-10-5-4-6-11(7-10)16-2/h4-7,15H,8-9H2,1-3H3. The number of carbonyl (C=O) groups is 1. The van der Waals surface area contributed by atoms with Crippen molar-refractivity contribution in [2.45, 2.75) is 19.1 Å². The van der Waals surface area contributed by atoms with Gasteiger partial charge in [0.25, 0.3) is 0 Å². The zero-order valence-electron chi connectivity index (χ0n) is 10.8. The number of aliphatic hydroxyl groups is 1. The van der Waals surface area contributed by atoms with Gasteiger partial charge in [-0.15, -0.1) is 0 Å². The first-order valence-corrected chi connectivity index (χ1v) is 5.51. The van der Waals surface area contributed by atoms with Gasteiger partial charge in [-0.05, 0) is 24.6 Å². The summed E-state index contributed by atoms with van der Waals surface area (Å²) >= 11 is 0. The second kappa shape index (κ2) is 6.37. The molecule has 100 valence electrons. The Morgan fingerprint density at radius 2 is 2.11 bits per heavy atom. The molecule has 0 aliphatic carbocycles. The van der Waals surface area contributed by atoms with Crippen molar-refractivity contribution in [3.05, 3.63) is 29.8 Å². The fraction of sp³-hybridized carbons (Fsp3) is 0.462. The molecule has 1 rings (SSSR count). The normalized spacial score (nSPS) is 13.8. The molecule has 0 amide bonds. The zero-order valence-corrected chi connectivity index (χ0v) is 10.8. The molecular formula is C13H18O5. The van der Waals surface area contributed by atoms with Crippen LogP contribution in [0.5, 0.6) is 5.75 Å². The number of carbonyl (C=O) groups excluding carboxylic acids is 1. The Kier molecular flexibility index (Phi) is 5.12. The Bertz CT molecular complexity index is 400. The minimum atomic E-state index is -1.63. The molecule has 0 aliphatic heterocycles. The second-order valence-corrected chi connectivity index (χ2v) is 4.11. The zero-order chi connectivity index (χ0) is 13.6. The molecule has 0 saturated heterocycles. The minimum absolute atomic E-state index is 0.128. The fourth-order valence-corrected chi connectivity index (χ4v) is 1.41. The van der Waals surface area contributed by atoms with Crippen LogP contribution in [0, 0.1) is 0 Å². The van der Waals surface area contributed by atoms with Crippen molar-refractivity contribution in [1.82, 2.24) is 0 Å². The van der Waals surface area contributed by atoms with E-state index in [0.29, 0.717) is 0 Å². The lowest BCUT2D eigenvalue weighted by Gasteiger charge is -2.19. The topological polar surface area (TPSA) is 65.0 Å². The molecular weight excluding hydrogens is 236 g/mol. The first kappa shape index (κ1) is 14.5. The van der Waals surface area contributed by atoms with Crippen LogP contribution in [0.3, 0.4) is 0 Å². The van der Waals surface area contributed by atoms with Crippen molar-refractivity contribution in [2.24, 2.45) is 0 Å². The van der Waals surface area contributed by atoms with Crippen LogP contribution in [0.2, 0.25) is 0 Å². The van der Waals surface area contributed by atoms with Crippen molar-refractivity contribution in [3.63, 3.8) is 0 Å². The van der Waals surface area contributed by atoms with Gasteiger partial charge in [-0.2, -0.15) is 0 Å². The summed E-state index contributed by atoms with van der Waals surface area (Å²) < 4.78 is 14.8. The number of benzene rings is 1. The lowest BCUT2D eigenvalue weighted by molar-refractivity contribution is -0.167. The monoisotopic (exact) mass is 254 g/mol. The molecule has 1 aromatic carbocycles. The maximum Gasteiger partial charge on any atom is 0.339 e. The third-order valence-electron chi connectivity index (χ3n) is 2.41. The number of methoxy groups -OCH3 is 2. The molecule has 1 atom stereocenters. The predicted molar refractivity (Wildman–Crippen MR) is 65.3 cm³/mol. The van der Waals surface area contributed by atoms with E-state index in [-0.39, 0.29) is 13.2 Å². The van der Waals surface area contributed by atoms with Crippen molar-refractivity contribution in [2.75, 3.05) is 20.8 Å². The smallest absolute Gasteiger partial charge is 0.339 e. The maximum atomic E-state index is 11.2. The highest BCUT2D eigenvalue weighted by Gasteiger charge is 2.31. The lowest BCUT2D eigenvalue weighted by atomic mass is 10.1. The SMILES string of the molecule is COC(=O)C(C)(O)COCc1cccc(OC)c1. The van der Waals surface area contributed by atoms with Crippen LogP contribution in [0.1, 0.15) is 12.5 Å². The molecule has 1 aromatic rings. The van der Waals surface area contributed by atoms with Crippen LogP contribution in [0.4, 0.5) is 0 Å². The van der Waals surface area contributed by atoms with E-state index in [4.69, 9.17) is 9.47 Å². The third-order valence-corrected chi connectivity index (χ3v) is 2.41. The highest BCUT2D eigenvalue weighted by Crippen LogP contribution is 2.14. The predicted octanol–water partition coefficient (Wildman–Crippen LogP) is 1.14. The van der Waals surface area contributed by atoms with Crippen LogP contribution in [-0.2, 0) is 20.9 Å². The van der Waals surface area contributed by atoms with Crippen LogP contribution in [0.15, 0.2) is 24.3 Å². The van der Waals surface area contributed by atoms with Crippen molar-refractivity contribution >= 4 is 5.97 Å². The maximum absolute atomic E-state index is 11.2. The van der Waals surface area contributed by atoms with Crippen LogP contribution in [0.25, 0.3) is 0 Å². The van der Waals surface area contributed by atoms with Gasteiger partial charge in [0.2, 0.25) is 0 Å². The largest absolute Gasteiger partial charge is 0.497 e. The first-order valence-electron chi connectivity index (χ1n) is 5.51. The summed E-state index contributed by atoms with van der Waals surface area (Å²) in [6.45, 7) is 1.51. The Hall–Kier alpha value is -1.59. The van der Waals surface area contributed by atoms with Gasteiger partial charge in [-0.3, -0.25) is 0 Å².